The van der Waals surface area contributed by atoms with Crippen LogP contribution in [0.3, 0.4) is 0 Å². The van der Waals surface area contributed by atoms with E-state index in [0.717, 1.165) is 12.2 Å². The summed E-state index contributed by atoms with van der Waals surface area (Å²) in [7, 11) is 4.11. The van der Waals surface area contributed by atoms with Gasteiger partial charge in [0.15, 0.2) is 0 Å². The van der Waals surface area contributed by atoms with Gasteiger partial charge in [0.1, 0.15) is 5.82 Å². The molecule has 3 heteroatoms. The highest BCUT2D eigenvalue weighted by atomic mass is 15.1. The molecule has 0 radical (unpaired) electrons. The molecule has 20 heavy (non-hydrogen) atoms. The molecule has 1 aromatic heterocycles. The van der Waals surface area contributed by atoms with Gasteiger partial charge >= 0.3 is 0 Å². The van der Waals surface area contributed by atoms with Crippen molar-refractivity contribution in [3.05, 3.63) is 53.6 Å². The van der Waals surface area contributed by atoms with Crippen molar-refractivity contribution in [1.29, 1.82) is 0 Å². The van der Waals surface area contributed by atoms with Crippen LogP contribution in [0.2, 0.25) is 0 Å². The zero-order valence-electron chi connectivity index (χ0n) is 12.3. The van der Waals surface area contributed by atoms with E-state index in [4.69, 9.17) is 0 Å². The minimum Gasteiger partial charge on any atom is -0.337 e. The molecule has 0 bridgehead atoms. The summed E-state index contributed by atoms with van der Waals surface area (Å²) in [6.07, 6.45) is 8.86. The first kappa shape index (κ1) is 13.4. The number of nitrogens with one attached hydrogen (secondary N) is 1. The Labute approximate surface area is 121 Å². The monoisotopic (exact) mass is 269 g/mol. The molecule has 3 nitrogen and oxygen atoms in total. The number of benzene rings is 1. The Morgan fingerprint density at radius 1 is 1.40 bits per heavy atom. The lowest BCUT2D eigenvalue weighted by Crippen LogP contribution is -2.23. The molecular formula is C17H23N3. The second kappa shape index (κ2) is 5.80. The van der Waals surface area contributed by atoms with Crippen LogP contribution >= 0.6 is 0 Å². The van der Waals surface area contributed by atoms with Crippen molar-refractivity contribution >= 4 is 0 Å². The molecule has 1 aliphatic carbocycles. The number of hydrogen-bond acceptors (Lipinski definition) is 2. The van der Waals surface area contributed by atoms with E-state index in [1.54, 1.807) is 11.1 Å². The second-order valence-electron chi connectivity index (χ2n) is 5.76. The molecular weight excluding hydrogens is 246 g/mol. The predicted molar refractivity (Wildman–Crippen MR) is 81.7 cm³/mol. The van der Waals surface area contributed by atoms with E-state index in [1.165, 1.54) is 19.3 Å². The van der Waals surface area contributed by atoms with Crippen LogP contribution in [-0.2, 0) is 13.5 Å². The summed E-state index contributed by atoms with van der Waals surface area (Å²) in [6.45, 7) is 0. The Kier molecular flexibility index (Phi) is 3.88. The van der Waals surface area contributed by atoms with Gasteiger partial charge in [0, 0.05) is 19.4 Å². The van der Waals surface area contributed by atoms with E-state index >= 15 is 0 Å². The molecule has 0 fully saturated rings. The molecule has 0 saturated heterocycles. The fourth-order valence-electron chi connectivity index (χ4n) is 3.45. The average molecular weight is 269 g/mol. The van der Waals surface area contributed by atoms with E-state index in [9.17, 15) is 0 Å². The number of rotatable bonds is 4. The summed E-state index contributed by atoms with van der Waals surface area (Å²) in [6, 6.07) is 9.26. The van der Waals surface area contributed by atoms with Gasteiger partial charge in [-0.05, 0) is 49.8 Å². The lowest BCUT2D eigenvalue weighted by atomic mass is 9.79. The zero-order valence-corrected chi connectivity index (χ0v) is 12.3. The first-order valence-electron chi connectivity index (χ1n) is 7.52. The smallest absolute Gasteiger partial charge is 0.125 e. The number of aromatic nitrogens is 2. The summed E-state index contributed by atoms with van der Waals surface area (Å²) in [4.78, 5) is 4.51. The highest BCUT2D eigenvalue weighted by Gasteiger charge is 2.24. The third kappa shape index (κ3) is 2.50. The largest absolute Gasteiger partial charge is 0.337 e. The summed E-state index contributed by atoms with van der Waals surface area (Å²) in [5.74, 6) is 1.78. The first-order chi connectivity index (χ1) is 9.79. The summed E-state index contributed by atoms with van der Waals surface area (Å²) in [5, 5.41) is 3.44. The normalized spacial score (nSPS) is 19.6. The molecule has 1 aliphatic rings. The lowest BCUT2D eigenvalue weighted by Gasteiger charge is -2.28. The van der Waals surface area contributed by atoms with Crippen LogP contribution in [0.4, 0.5) is 0 Å². The highest BCUT2D eigenvalue weighted by Crippen LogP contribution is 2.37. The molecule has 3 rings (SSSR count). The van der Waals surface area contributed by atoms with Crippen molar-refractivity contribution in [2.75, 3.05) is 7.05 Å². The maximum Gasteiger partial charge on any atom is 0.125 e. The molecule has 2 unspecified atom stereocenters. The van der Waals surface area contributed by atoms with Gasteiger partial charge in [0.25, 0.3) is 0 Å². The van der Waals surface area contributed by atoms with Crippen LogP contribution in [0.25, 0.3) is 0 Å². The Balaban J connectivity index is 1.82. The molecule has 1 aromatic carbocycles. The summed E-state index contributed by atoms with van der Waals surface area (Å²) >= 11 is 0. The van der Waals surface area contributed by atoms with E-state index in [2.05, 4.69) is 46.2 Å². The molecule has 1 N–H and O–H groups in total. The van der Waals surface area contributed by atoms with Crippen molar-refractivity contribution in [3.63, 3.8) is 0 Å². The standard InChI is InChI=1S/C17H23N3/c1-18-16(17-19-10-11-20(17)2)12-14-8-5-7-13-6-3-4-9-15(13)14/h3-4,6,9-11,14,16,18H,5,7-8,12H2,1-2H3. The fraction of sp³-hybridized carbons (Fsp3) is 0.471. The summed E-state index contributed by atoms with van der Waals surface area (Å²) < 4.78 is 2.12. The Morgan fingerprint density at radius 2 is 2.25 bits per heavy atom. The second-order valence-corrected chi connectivity index (χ2v) is 5.76. The van der Waals surface area contributed by atoms with E-state index in [0.29, 0.717) is 12.0 Å². The van der Waals surface area contributed by atoms with Crippen LogP contribution in [0.1, 0.15) is 48.2 Å². The van der Waals surface area contributed by atoms with Crippen LogP contribution in [-0.4, -0.2) is 16.6 Å². The van der Waals surface area contributed by atoms with Crippen LogP contribution in [0.5, 0.6) is 0 Å². The van der Waals surface area contributed by atoms with Gasteiger partial charge in [0.2, 0.25) is 0 Å². The fourth-order valence-corrected chi connectivity index (χ4v) is 3.45. The molecule has 0 saturated carbocycles. The summed E-state index contributed by atoms with van der Waals surface area (Å²) in [5.41, 5.74) is 3.09. The first-order valence-corrected chi connectivity index (χ1v) is 7.52. The van der Waals surface area contributed by atoms with Gasteiger partial charge in [-0.1, -0.05) is 24.3 Å². The van der Waals surface area contributed by atoms with Crippen molar-refractivity contribution in [2.45, 2.75) is 37.6 Å². The van der Waals surface area contributed by atoms with Crippen LogP contribution < -0.4 is 5.32 Å². The van der Waals surface area contributed by atoms with Gasteiger partial charge in [-0.25, -0.2) is 4.98 Å². The molecule has 106 valence electrons. The van der Waals surface area contributed by atoms with Crippen LogP contribution in [0, 0.1) is 0 Å². The van der Waals surface area contributed by atoms with E-state index < -0.39 is 0 Å². The third-order valence-corrected chi connectivity index (χ3v) is 4.53. The van der Waals surface area contributed by atoms with Gasteiger partial charge in [-0.3, -0.25) is 0 Å². The van der Waals surface area contributed by atoms with Gasteiger partial charge < -0.3 is 9.88 Å². The van der Waals surface area contributed by atoms with Crippen molar-refractivity contribution in [1.82, 2.24) is 14.9 Å². The molecule has 0 aliphatic heterocycles. The molecule has 2 aromatic rings. The third-order valence-electron chi connectivity index (χ3n) is 4.53. The quantitative estimate of drug-likeness (QED) is 0.924. The molecule has 1 heterocycles. The van der Waals surface area contributed by atoms with Crippen molar-refractivity contribution in [3.8, 4) is 0 Å². The van der Waals surface area contributed by atoms with E-state index in [-0.39, 0.29) is 0 Å². The predicted octanol–water partition coefficient (Wildman–Crippen LogP) is 3.19. The van der Waals surface area contributed by atoms with Gasteiger partial charge in [-0.2, -0.15) is 0 Å². The lowest BCUT2D eigenvalue weighted by molar-refractivity contribution is 0.420. The Bertz CT molecular complexity index is 573. The van der Waals surface area contributed by atoms with Crippen molar-refractivity contribution in [2.24, 2.45) is 7.05 Å². The molecule has 0 amide bonds. The number of aryl methyl sites for hydroxylation is 2. The average Bonchev–Trinajstić information content (AvgIpc) is 2.91. The topological polar surface area (TPSA) is 29.9 Å². The SMILES string of the molecule is CNC(CC1CCCc2ccccc21)c1nccn1C. The zero-order chi connectivity index (χ0) is 13.9. The minimum atomic E-state index is 0.325. The molecule has 0 spiro atoms. The maximum absolute atomic E-state index is 4.51. The minimum absolute atomic E-state index is 0.325. The Hall–Kier alpha value is -1.61. The highest BCUT2D eigenvalue weighted by molar-refractivity contribution is 5.32. The number of nitrogens with zero attached hydrogens (tertiary/aromatic N) is 2. The molecule has 2 atom stereocenters. The number of imidazole rings is 1. The van der Waals surface area contributed by atoms with Crippen molar-refractivity contribution < 1.29 is 0 Å². The Morgan fingerprint density at radius 3 is 3.00 bits per heavy atom. The number of fused-ring (bicyclic) bond motifs is 1. The van der Waals surface area contributed by atoms with Gasteiger partial charge in [0.05, 0.1) is 6.04 Å². The maximum atomic E-state index is 4.51. The van der Waals surface area contributed by atoms with Gasteiger partial charge in [-0.15, -0.1) is 0 Å². The number of hydrogen-bond donors (Lipinski definition) is 1. The van der Waals surface area contributed by atoms with Crippen LogP contribution in [0.15, 0.2) is 36.7 Å². The van der Waals surface area contributed by atoms with E-state index in [1.807, 2.05) is 19.4 Å².